The average Bonchev–Trinajstić information content (AvgIpc) is 3.12. The maximum atomic E-state index is 11.9. The molecule has 0 unspecified atom stereocenters. The number of rotatable bonds is 3. The number of carbonyl (C=O) groups is 1. The maximum Gasteiger partial charge on any atom is 0.340 e. The van der Waals surface area contributed by atoms with Crippen molar-refractivity contribution in [1.29, 1.82) is 0 Å². The van der Waals surface area contributed by atoms with Crippen LogP contribution in [0.4, 0.5) is 0 Å². The van der Waals surface area contributed by atoms with Gasteiger partial charge in [0, 0.05) is 6.54 Å². The highest BCUT2D eigenvalue weighted by Gasteiger charge is 2.42. The molecule has 2 atom stereocenters. The molecule has 126 valence electrons. The van der Waals surface area contributed by atoms with E-state index in [-0.39, 0.29) is 18.1 Å². The second-order valence-corrected chi connectivity index (χ2v) is 6.77. The molecule has 24 heavy (non-hydrogen) atoms. The van der Waals surface area contributed by atoms with E-state index < -0.39 is 5.79 Å². The molecule has 3 aliphatic heterocycles. The Bertz CT molecular complexity index is 707. The summed E-state index contributed by atoms with van der Waals surface area (Å²) in [5, 5.41) is 0. The minimum atomic E-state index is -0.576. The molecule has 1 aromatic carbocycles. The summed E-state index contributed by atoms with van der Waals surface area (Å²) in [5.41, 5.74) is 2.77. The van der Waals surface area contributed by atoms with Crippen molar-refractivity contribution in [2.75, 3.05) is 13.2 Å². The molecule has 4 rings (SSSR count). The van der Waals surface area contributed by atoms with Crippen LogP contribution < -0.4 is 0 Å². The van der Waals surface area contributed by atoms with Gasteiger partial charge in [0.15, 0.2) is 5.79 Å². The molecule has 0 amide bonds. The van der Waals surface area contributed by atoms with Crippen LogP contribution in [0.3, 0.4) is 0 Å². The largest absolute Gasteiger partial charge is 0.456 e. The Morgan fingerprint density at radius 1 is 1.25 bits per heavy atom. The van der Waals surface area contributed by atoms with Crippen LogP contribution in [0.25, 0.3) is 0 Å². The van der Waals surface area contributed by atoms with Gasteiger partial charge < -0.3 is 19.1 Å². The Hall–Kier alpha value is -2.11. The third kappa shape index (κ3) is 2.74. The van der Waals surface area contributed by atoms with E-state index in [4.69, 9.17) is 14.2 Å². The van der Waals surface area contributed by atoms with Gasteiger partial charge in [-0.2, -0.15) is 0 Å². The van der Waals surface area contributed by atoms with Crippen molar-refractivity contribution in [3.8, 4) is 0 Å². The molecule has 1 saturated heterocycles. The lowest BCUT2D eigenvalue weighted by Crippen LogP contribution is -2.45. The van der Waals surface area contributed by atoms with Gasteiger partial charge in [-0.05, 0) is 25.5 Å². The van der Waals surface area contributed by atoms with E-state index in [9.17, 15) is 4.79 Å². The molecule has 0 aliphatic carbocycles. The standard InChI is InChI=1S/C19H21NO4/c1-19(2)23-12-17(24-19)15-9-8-14-16(11-22-18(14)21)20(15)10-13-6-4-3-5-7-13/h3-9,15,17H,10-12H2,1-2H3/t15-,17+/m0/s1. The lowest BCUT2D eigenvalue weighted by atomic mass is 9.99. The Balaban J connectivity index is 1.64. The zero-order valence-corrected chi connectivity index (χ0v) is 13.9. The quantitative estimate of drug-likeness (QED) is 0.798. The fraction of sp³-hybridized carbons (Fsp3) is 0.421. The molecule has 5 nitrogen and oxygen atoms in total. The van der Waals surface area contributed by atoms with Gasteiger partial charge in [0.1, 0.15) is 12.7 Å². The van der Waals surface area contributed by atoms with E-state index in [1.165, 1.54) is 5.56 Å². The minimum absolute atomic E-state index is 0.0141. The number of hydrogen-bond acceptors (Lipinski definition) is 5. The van der Waals surface area contributed by atoms with Gasteiger partial charge in [0.25, 0.3) is 0 Å². The van der Waals surface area contributed by atoms with E-state index >= 15 is 0 Å². The summed E-state index contributed by atoms with van der Waals surface area (Å²) in [6.45, 7) is 5.40. The maximum absolute atomic E-state index is 11.9. The summed E-state index contributed by atoms with van der Waals surface area (Å²) >= 11 is 0. The van der Waals surface area contributed by atoms with Crippen molar-refractivity contribution in [3.63, 3.8) is 0 Å². The summed E-state index contributed by atoms with van der Waals surface area (Å²) < 4.78 is 17.0. The van der Waals surface area contributed by atoms with Crippen LogP contribution in [0.5, 0.6) is 0 Å². The first-order valence-corrected chi connectivity index (χ1v) is 8.24. The van der Waals surface area contributed by atoms with Gasteiger partial charge in [-0.15, -0.1) is 0 Å². The summed E-state index contributed by atoms with van der Waals surface area (Å²) in [6.07, 6.45) is 3.82. The topological polar surface area (TPSA) is 48.0 Å². The third-order valence-electron chi connectivity index (χ3n) is 4.64. The molecule has 1 aromatic rings. The molecule has 0 spiro atoms. The second-order valence-electron chi connectivity index (χ2n) is 6.77. The molecular formula is C19H21NO4. The van der Waals surface area contributed by atoms with E-state index in [2.05, 4.69) is 17.0 Å². The minimum Gasteiger partial charge on any atom is -0.456 e. The number of nitrogens with zero attached hydrogens (tertiary/aromatic N) is 1. The van der Waals surface area contributed by atoms with Crippen LogP contribution in [0, 0.1) is 0 Å². The van der Waals surface area contributed by atoms with Crippen molar-refractivity contribution >= 4 is 5.97 Å². The zero-order valence-electron chi connectivity index (χ0n) is 13.9. The Labute approximate surface area is 141 Å². The average molecular weight is 327 g/mol. The first kappa shape index (κ1) is 15.4. The summed E-state index contributed by atoms with van der Waals surface area (Å²) in [7, 11) is 0. The first-order valence-electron chi connectivity index (χ1n) is 8.24. The lowest BCUT2D eigenvalue weighted by molar-refractivity contribution is -0.143. The van der Waals surface area contributed by atoms with Gasteiger partial charge in [-0.3, -0.25) is 0 Å². The molecular weight excluding hydrogens is 306 g/mol. The fourth-order valence-corrected chi connectivity index (χ4v) is 3.48. The van der Waals surface area contributed by atoms with E-state index in [0.29, 0.717) is 25.3 Å². The highest BCUT2D eigenvalue weighted by molar-refractivity contribution is 5.95. The van der Waals surface area contributed by atoms with Crippen molar-refractivity contribution in [3.05, 3.63) is 59.3 Å². The smallest absolute Gasteiger partial charge is 0.340 e. The molecule has 3 heterocycles. The SMILES string of the molecule is CC1(C)OC[C@H]([C@@H]2C=CC3=C(COC3=O)N2Cc2ccccc2)O1. The number of benzene rings is 1. The van der Waals surface area contributed by atoms with Crippen molar-refractivity contribution in [2.24, 2.45) is 0 Å². The molecule has 0 N–H and O–H groups in total. The van der Waals surface area contributed by atoms with Crippen molar-refractivity contribution in [1.82, 2.24) is 4.90 Å². The monoisotopic (exact) mass is 327 g/mol. The Morgan fingerprint density at radius 2 is 2.04 bits per heavy atom. The Morgan fingerprint density at radius 3 is 2.75 bits per heavy atom. The second kappa shape index (κ2) is 5.76. The fourth-order valence-electron chi connectivity index (χ4n) is 3.48. The van der Waals surface area contributed by atoms with Gasteiger partial charge in [-0.25, -0.2) is 4.79 Å². The number of ether oxygens (including phenoxy) is 3. The predicted octanol–water partition coefficient (Wildman–Crippen LogP) is 2.39. The highest BCUT2D eigenvalue weighted by atomic mass is 16.7. The molecule has 3 aliphatic rings. The van der Waals surface area contributed by atoms with Crippen molar-refractivity contribution < 1.29 is 19.0 Å². The van der Waals surface area contributed by atoms with Gasteiger partial charge in [0.2, 0.25) is 0 Å². The normalized spacial score (nSPS) is 28.2. The molecule has 0 saturated carbocycles. The highest BCUT2D eigenvalue weighted by Crippen LogP contribution is 2.34. The van der Waals surface area contributed by atoms with Gasteiger partial charge in [-0.1, -0.05) is 36.4 Å². The van der Waals surface area contributed by atoms with Crippen molar-refractivity contribution in [2.45, 2.75) is 38.3 Å². The van der Waals surface area contributed by atoms with Crippen LogP contribution in [0.2, 0.25) is 0 Å². The van der Waals surface area contributed by atoms with E-state index in [1.807, 2.05) is 44.2 Å². The van der Waals surface area contributed by atoms with Gasteiger partial charge in [0.05, 0.1) is 23.9 Å². The summed E-state index contributed by atoms with van der Waals surface area (Å²) in [6, 6.07) is 10.2. The molecule has 1 fully saturated rings. The summed E-state index contributed by atoms with van der Waals surface area (Å²) in [4.78, 5) is 14.1. The molecule has 5 heteroatoms. The van der Waals surface area contributed by atoms with Crippen LogP contribution in [-0.4, -0.2) is 42.0 Å². The summed E-state index contributed by atoms with van der Waals surface area (Å²) in [5.74, 6) is -0.824. The third-order valence-corrected chi connectivity index (χ3v) is 4.64. The molecule has 0 aromatic heterocycles. The van der Waals surface area contributed by atoms with Crippen LogP contribution in [0.1, 0.15) is 19.4 Å². The lowest BCUT2D eigenvalue weighted by Gasteiger charge is -2.37. The van der Waals surface area contributed by atoms with Crippen LogP contribution >= 0.6 is 0 Å². The first-order chi connectivity index (χ1) is 11.5. The van der Waals surface area contributed by atoms with E-state index in [0.717, 1.165) is 5.70 Å². The van der Waals surface area contributed by atoms with Crippen LogP contribution in [0.15, 0.2) is 53.8 Å². The number of cyclic esters (lactones) is 1. The predicted molar refractivity (Wildman–Crippen MR) is 87.8 cm³/mol. The molecule has 0 bridgehead atoms. The van der Waals surface area contributed by atoms with Crippen LogP contribution in [-0.2, 0) is 25.5 Å². The number of hydrogen-bond donors (Lipinski definition) is 0. The molecule has 0 radical (unpaired) electrons. The number of esters is 1. The zero-order chi connectivity index (χ0) is 16.7. The van der Waals surface area contributed by atoms with E-state index in [1.54, 1.807) is 0 Å². The Kier molecular flexibility index (Phi) is 3.70. The number of carbonyl (C=O) groups excluding carboxylic acids is 1. The van der Waals surface area contributed by atoms with Gasteiger partial charge >= 0.3 is 5.97 Å².